The number of unbranched alkanes of at least 4 members (excludes halogenated alkanes) is 3. The summed E-state index contributed by atoms with van der Waals surface area (Å²) in [5.41, 5.74) is 2.36. The molecule has 1 heteroatoms. The van der Waals surface area contributed by atoms with E-state index in [0.29, 0.717) is 0 Å². The Bertz CT molecular complexity index is 362. The van der Waals surface area contributed by atoms with E-state index >= 15 is 0 Å². The molecule has 0 radical (unpaired) electrons. The average molecular weight is 230 g/mol. The van der Waals surface area contributed by atoms with Crippen LogP contribution in [0.1, 0.15) is 51.5 Å². The molecule has 1 aromatic carbocycles. The maximum absolute atomic E-state index is 11.2. The Balaban J connectivity index is 2.66. The zero-order valence-electron chi connectivity index (χ0n) is 10.9. The first-order valence-corrected chi connectivity index (χ1v) is 6.50. The molecule has 92 valence electrons. The molecule has 0 amide bonds. The van der Waals surface area contributed by atoms with Crippen LogP contribution in [0.3, 0.4) is 0 Å². The molecule has 0 unspecified atom stereocenters. The number of hydrogen-bond donors (Lipinski definition) is 0. The fourth-order valence-corrected chi connectivity index (χ4v) is 1.94. The maximum Gasteiger partial charge on any atom is 0.152 e. The number of benzene rings is 1. The number of carbonyl (C=O) groups is 1. The van der Waals surface area contributed by atoms with E-state index in [1.807, 2.05) is 18.2 Å². The molecular formula is C16H22O. The lowest BCUT2D eigenvalue weighted by molar-refractivity contribution is -0.112. The van der Waals surface area contributed by atoms with E-state index in [4.69, 9.17) is 0 Å². The van der Waals surface area contributed by atoms with Crippen molar-refractivity contribution in [1.29, 1.82) is 0 Å². The molecule has 1 aromatic rings. The van der Waals surface area contributed by atoms with Crippen molar-refractivity contribution in [2.45, 2.75) is 46.0 Å². The highest BCUT2D eigenvalue weighted by Gasteiger charge is 2.02. The van der Waals surface area contributed by atoms with Gasteiger partial charge in [0.1, 0.15) is 0 Å². The molecule has 0 saturated carbocycles. The Hall–Kier alpha value is -1.37. The minimum atomic E-state index is 0.138. The minimum Gasteiger partial charge on any atom is -0.295 e. The first-order valence-electron chi connectivity index (χ1n) is 6.50. The van der Waals surface area contributed by atoms with Gasteiger partial charge in [0.25, 0.3) is 0 Å². The van der Waals surface area contributed by atoms with Crippen LogP contribution in [0.5, 0.6) is 0 Å². The van der Waals surface area contributed by atoms with Gasteiger partial charge in [-0.1, -0.05) is 56.5 Å². The van der Waals surface area contributed by atoms with Crippen LogP contribution in [0.4, 0.5) is 0 Å². The van der Waals surface area contributed by atoms with E-state index in [1.165, 1.54) is 36.8 Å². The van der Waals surface area contributed by atoms with E-state index in [9.17, 15) is 4.79 Å². The topological polar surface area (TPSA) is 17.1 Å². The van der Waals surface area contributed by atoms with Crippen molar-refractivity contribution in [3.05, 3.63) is 42.0 Å². The van der Waals surface area contributed by atoms with Crippen LogP contribution in [0.15, 0.2) is 36.4 Å². The highest BCUT2D eigenvalue weighted by atomic mass is 16.1. The Morgan fingerprint density at radius 3 is 2.41 bits per heavy atom. The van der Waals surface area contributed by atoms with Crippen molar-refractivity contribution >= 4 is 11.4 Å². The molecular weight excluding hydrogens is 208 g/mol. The molecule has 1 rings (SSSR count). The fourth-order valence-electron chi connectivity index (χ4n) is 1.94. The Morgan fingerprint density at radius 2 is 1.82 bits per heavy atom. The SMILES string of the molecule is CCCCCC/C(=C\C(C)=O)c1ccccc1. The summed E-state index contributed by atoms with van der Waals surface area (Å²) in [6.07, 6.45) is 7.73. The van der Waals surface area contributed by atoms with E-state index in [0.717, 1.165) is 6.42 Å². The number of carbonyl (C=O) groups excluding carboxylic acids is 1. The summed E-state index contributed by atoms with van der Waals surface area (Å²) in [6.45, 7) is 3.83. The van der Waals surface area contributed by atoms with Crippen molar-refractivity contribution in [3.63, 3.8) is 0 Å². The lowest BCUT2D eigenvalue weighted by atomic mass is 9.98. The van der Waals surface area contributed by atoms with Gasteiger partial charge in [0, 0.05) is 0 Å². The average Bonchev–Trinajstić information content (AvgIpc) is 2.34. The number of hydrogen-bond acceptors (Lipinski definition) is 1. The van der Waals surface area contributed by atoms with Crippen LogP contribution < -0.4 is 0 Å². The molecule has 0 atom stereocenters. The fraction of sp³-hybridized carbons (Fsp3) is 0.438. The third kappa shape index (κ3) is 5.48. The van der Waals surface area contributed by atoms with Gasteiger partial charge in [-0.2, -0.15) is 0 Å². The Morgan fingerprint density at radius 1 is 1.12 bits per heavy atom. The van der Waals surface area contributed by atoms with Crippen LogP contribution in [-0.4, -0.2) is 5.78 Å². The first kappa shape index (κ1) is 13.7. The molecule has 0 aliphatic heterocycles. The normalized spacial score (nSPS) is 11.5. The summed E-state index contributed by atoms with van der Waals surface area (Å²) in [5.74, 6) is 0.138. The maximum atomic E-state index is 11.2. The second-order valence-corrected chi connectivity index (χ2v) is 4.46. The van der Waals surface area contributed by atoms with Crippen LogP contribution >= 0.6 is 0 Å². The van der Waals surface area contributed by atoms with E-state index < -0.39 is 0 Å². The predicted molar refractivity (Wildman–Crippen MR) is 73.9 cm³/mol. The lowest BCUT2D eigenvalue weighted by Gasteiger charge is -2.07. The van der Waals surface area contributed by atoms with Crippen molar-refractivity contribution < 1.29 is 4.79 Å². The number of rotatable bonds is 7. The summed E-state index contributed by atoms with van der Waals surface area (Å²) in [7, 11) is 0. The summed E-state index contributed by atoms with van der Waals surface area (Å²) < 4.78 is 0. The van der Waals surface area contributed by atoms with Gasteiger partial charge in [0.2, 0.25) is 0 Å². The van der Waals surface area contributed by atoms with Gasteiger partial charge in [-0.15, -0.1) is 0 Å². The second kappa shape index (κ2) is 7.83. The van der Waals surface area contributed by atoms with Gasteiger partial charge in [-0.25, -0.2) is 0 Å². The highest BCUT2D eigenvalue weighted by molar-refractivity contribution is 5.95. The summed E-state index contributed by atoms with van der Waals surface area (Å²) in [4.78, 5) is 11.2. The van der Waals surface area contributed by atoms with E-state index in [2.05, 4.69) is 19.1 Å². The molecule has 0 spiro atoms. The molecule has 0 N–H and O–H groups in total. The monoisotopic (exact) mass is 230 g/mol. The molecule has 0 saturated heterocycles. The molecule has 0 aliphatic rings. The standard InChI is InChI=1S/C16H22O/c1-3-4-5-7-12-16(13-14(2)17)15-10-8-6-9-11-15/h6,8-11,13H,3-5,7,12H2,1-2H3/b16-13+. The molecule has 0 aromatic heterocycles. The number of allylic oxidation sites excluding steroid dienone is 2. The predicted octanol–water partition coefficient (Wildman–Crippen LogP) is 4.63. The van der Waals surface area contributed by atoms with Crippen molar-refractivity contribution in [1.82, 2.24) is 0 Å². The smallest absolute Gasteiger partial charge is 0.152 e. The molecule has 17 heavy (non-hydrogen) atoms. The van der Waals surface area contributed by atoms with Crippen LogP contribution in [-0.2, 0) is 4.79 Å². The van der Waals surface area contributed by atoms with E-state index in [-0.39, 0.29) is 5.78 Å². The third-order valence-electron chi connectivity index (χ3n) is 2.82. The second-order valence-electron chi connectivity index (χ2n) is 4.46. The molecule has 0 bridgehead atoms. The van der Waals surface area contributed by atoms with Gasteiger partial charge in [-0.05, 0) is 37.0 Å². The zero-order valence-corrected chi connectivity index (χ0v) is 10.9. The van der Waals surface area contributed by atoms with Gasteiger partial charge >= 0.3 is 0 Å². The summed E-state index contributed by atoms with van der Waals surface area (Å²) >= 11 is 0. The molecule has 0 aliphatic carbocycles. The quantitative estimate of drug-likeness (QED) is 0.493. The summed E-state index contributed by atoms with van der Waals surface area (Å²) in [5, 5.41) is 0. The Labute approximate surface area is 105 Å². The number of ketones is 1. The van der Waals surface area contributed by atoms with Gasteiger partial charge < -0.3 is 0 Å². The first-order chi connectivity index (χ1) is 8.24. The van der Waals surface area contributed by atoms with Gasteiger partial charge in [0.15, 0.2) is 5.78 Å². The van der Waals surface area contributed by atoms with Gasteiger partial charge in [0.05, 0.1) is 0 Å². The van der Waals surface area contributed by atoms with Crippen LogP contribution in [0.25, 0.3) is 5.57 Å². The molecule has 0 heterocycles. The largest absolute Gasteiger partial charge is 0.295 e. The van der Waals surface area contributed by atoms with Crippen molar-refractivity contribution in [2.75, 3.05) is 0 Å². The molecule has 0 fully saturated rings. The summed E-state index contributed by atoms with van der Waals surface area (Å²) in [6, 6.07) is 10.2. The molecule has 1 nitrogen and oxygen atoms in total. The van der Waals surface area contributed by atoms with Crippen molar-refractivity contribution in [3.8, 4) is 0 Å². The lowest BCUT2D eigenvalue weighted by Crippen LogP contribution is -1.90. The van der Waals surface area contributed by atoms with Gasteiger partial charge in [-0.3, -0.25) is 4.79 Å². The third-order valence-corrected chi connectivity index (χ3v) is 2.82. The Kier molecular flexibility index (Phi) is 6.31. The van der Waals surface area contributed by atoms with E-state index in [1.54, 1.807) is 13.0 Å². The van der Waals surface area contributed by atoms with Crippen LogP contribution in [0.2, 0.25) is 0 Å². The van der Waals surface area contributed by atoms with Crippen LogP contribution in [0, 0.1) is 0 Å². The highest BCUT2D eigenvalue weighted by Crippen LogP contribution is 2.21. The van der Waals surface area contributed by atoms with Crippen molar-refractivity contribution in [2.24, 2.45) is 0 Å². The minimum absolute atomic E-state index is 0.138. The zero-order chi connectivity index (χ0) is 12.5.